The quantitative estimate of drug-likeness (QED) is 0.753. The van der Waals surface area contributed by atoms with E-state index in [1.807, 2.05) is 6.07 Å². The normalized spacial score (nSPS) is 12.2. The molecule has 0 bridgehead atoms. The molecule has 25 heavy (non-hydrogen) atoms. The van der Waals surface area contributed by atoms with Gasteiger partial charge in [0.05, 0.1) is 10.2 Å². The number of hydrogen-bond acceptors (Lipinski definition) is 6. The molecule has 1 aliphatic rings. The average molecular weight is 355 g/mol. The van der Waals surface area contributed by atoms with Crippen molar-refractivity contribution in [1.29, 1.82) is 0 Å². The molecule has 0 atom stereocenters. The van der Waals surface area contributed by atoms with Crippen molar-refractivity contribution in [2.24, 2.45) is 0 Å². The Kier molecular flexibility index (Phi) is 3.73. The highest BCUT2D eigenvalue weighted by Crippen LogP contribution is 2.33. The minimum atomic E-state index is -0.246. The second-order valence-corrected chi connectivity index (χ2v) is 6.44. The van der Waals surface area contributed by atoms with Crippen LogP contribution in [0.15, 0.2) is 36.4 Å². The Balaban J connectivity index is 1.55. The van der Waals surface area contributed by atoms with E-state index in [0.29, 0.717) is 27.9 Å². The lowest BCUT2D eigenvalue weighted by molar-refractivity contribution is -0.114. The third-order valence-corrected chi connectivity index (χ3v) is 4.50. The molecule has 2 aromatic carbocycles. The van der Waals surface area contributed by atoms with Gasteiger partial charge in [-0.1, -0.05) is 11.3 Å². The smallest absolute Gasteiger partial charge is 0.255 e. The lowest BCUT2D eigenvalue weighted by Crippen LogP contribution is -2.11. The average Bonchev–Trinajstić information content (AvgIpc) is 3.18. The van der Waals surface area contributed by atoms with E-state index in [9.17, 15) is 9.59 Å². The van der Waals surface area contributed by atoms with E-state index in [1.54, 1.807) is 30.3 Å². The Hall–Kier alpha value is -3.13. The van der Waals surface area contributed by atoms with Crippen molar-refractivity contribution in [3.63, 3.8) is 0 Å². The molecule has 1 aromatic heterocycles. The first-order valence-electron chi connectivity index (χ1n) is 7.48. The second kappa shape index (κ2) is 6.06. The third-order valence-electron chi connectivity index (χ3n) is 3.56. The van der Waals surface area contributed by atoms with Crippen molar-refractivity contribution in [3.05, 3.63) is 42.0 Å². The number of carbonyl (C=O) groups excluding carboxylic acids is 2. The minimum absolute atomic E-state index is 0.166. The number of fused-ring (bicyclic) bond motifs is 2. The maximum Gasteiger partial charge on any atom is 0.255 e. The highest BCUT2D eigenvalue weighted by atomic mass is 32.1. The number of benzene rings is 2. The number of aromatic nitrogens is 1. The Morgan fingerprint density at radius 2 is 1.92 bits per heavy atom. The van der Waals surface area contributed by atoms with Gasteiger partial charge in [0.15, 0.2) is 16.6 Å². The molecule has 0 unspecified atom stereocenters. The van der Waals surface area contributed by atoms with Crippen LogP contribution >= 0.6 is 11.3 Å². The van der Waals surface area contributed by atoms with Crippen LogP contribution in [-0.2, 0) is 4.79 Å². The van der Waals surface area contributed by atoms with Crippen LogP contribution in [0.4, 0.5) is 10.8 Å². The lowest BCUT2D eigenvalue weighted by atomic mass is 10.2. The first-order valence-corrected chi connectivity index (χ1v) is 8.29. The fraction of sp³-hybridized carbons (Fsp3) is 0.118. The molecule has 2 N–H and O–H groups in total. The van der Waals surface area contributed by atoms with Gasteiger partial charge in [0.1, 0.15) is 0 Å². The molecule has 3 aromatic rings. The van der Waals surface area contributed by atoms with Gasteiger partial charge in [-0.25, -0.2) is 4.98 Å². The molecular weight excluding hydrogens is 342 g/mol. The number of nitrogens with zero attached hydrogens (tertiary/aromatic N) is 1. The molecule has 0 radical (unpaired) electrons. The number of ether oxygens (including phenoxy) is 2. The van der Waals surface area contributed by atoms with Gasteiger partial charge < -0.3 is 20.1 Å². The Morgan fingerprint density at radius 1 is 1.08 bits per heavy atom. The summed E-state index contributed by atoms with van der Waals surface area (Å²) < 4.78 is 11.4. The summed E-state index contributed by atoms with van der Waals surface area (Å²) in [5.74, 6) is 0.776. The second-order valence-electron chi connectivity index (χ2n) is 5.40. The van der Waals surface area contributed by atoms with Gasteiger partial charge >= 0.3 is 0 Å². The van der Waals surface area contributed by atoms with Crippen LogP contribution in [-0.4, -0.2) is 23.6 Å². The number of amides is 2. The van der Waals surface area contributed by atoms with Gasteiger partial charge in [-0.3, -0.25) is 9.59 Å². The van der Waals surface area contributed by atoms with E-state index in [0.717, 1.165) is 10.2 Å². The van der Waals surface area contributed by atoms with Gasteiger partial charge in [-0.05, 0) is 36.4 Å². The molecule has 0 saturated heterocycles. The Labute approximate surface area is 146 Å². The van der Waals surface area contributed by atoms with Gasteiger partial charge in [0, 0.05) is 18.2 Å². The van der Waals surface area contributed by atoms with E-state index in [-0.39, 0.29) is 18.6 Å². The molecule has 0 aliphatic carbocycles. The van der Waals surface area contributed by atoms with Crippen molar-refractivity contribution in [1.82, 2.24) is 4.98 Å². The van der Waals surface area contributed by atoms with Crippen LogP contribution in [0.1, 0.15) is 17.3 Å². The number of anilines is 2. The largest absolute Gasteiger partial charge is 0.454 e. The predicted octanol–water partition coefficient (Wildman–Crippen LogP) is 3.24. The fourth-order valence-electron chi connectivity index (χ4n) is 2.45. The van der Waals surface area contributed by atoms with Crippen molar-refractivity contribution in [2.45, 2.75) is 6.92 Å². The summed E-state index contributed by atoms with van der Waals surface area (Å²) in [4.78, 5) is 27.9. The third kappa shape index (κ3) is 3.11. The van der Waals surface area contributed by atoms with Crippen LogP contribution < -0.4 is 20.1 Å². The number of thiazole rings is 1. The lowest BCUT2D eigenvalue weighted by Gasteiger charge is -2.06. The molecule has 0 fully saturated rings. The van der Waals surface area contributed by atoms with Crippen molar-refractivity contribution < 1.29 is 19.1 Å². The summed E-state index contributed by atoms with van der Waals surface area (Å²) in [6, 6.07) is 10.4. The molecule has 7 nitrogen and oxygen atoms in total. The highest BCUT2D eigenvalue weighted by molar-refractivity contribution is 7.22. The summed E-state index contributed by atoms with van der Waals surface area (Å²) in [5, 5.41) is 6.04. The van der Waals surface area contributed by atoms with E-state index >= 15 is 0 Å². The van der Waals surface area contributed by atoms with Crippen molar-refractivity contribution >= 4 is 44.2 Å². The molecule has 2 heterocycles. The summed E-state index contributed by atoms with van der Waals surface area (Å²) in [6.45, 7) is 1.60. The Morgan fingerprint density at radius 3 is 2.76 bits per heavy atom. The summed E-state index contributed by atoms with van der Waals surface area (Å²) in [7, 11) is 0. The maximum atomic E-state index is 12.4. The number of rotatable bonds is 3. The molecule has 8 heteroatoms. The first kappa shape index (κ1) is 15.4. The molecule has 0 saturated carbocycles. The van der Waals surface area contributed by atoms with E-state index in [1.165, 1.54) is 18.3 Å². The maximum absolute atomic E-state index is 12.4. The van der Waals surface area contributed by atoms with Gasteiger partial charge in [-0.15, -0.1) is 0 Å². The van der Waals surface area contributed by atoms with E-state index in [4.69, 9.17) is 9.47 Å². The van der Waals surface area contributed by atoms with E-state index in [2.05, 4.69) is 15.6 Å². The standard InChI is InChI=1S/C17H13N3O4S/c1-9(21)18-17-20-12-4-3-11(7-15(12)25-17)19-16(22)10-2-5-13-14(6-10)24-8-23-13/h2-7H,8H2,1H3,(H,19,22)(H,18,20,21). The topological polar surface area (TPSA) is 89.6 Å². The summed E-state index contributed by atoms with van der Waals surface area (Å²) >= 11 is 1.35. The van der Waals surface area contributed by atoms with Crippen LogP contribution in [0.3, 0.4) is 0 Å². The zero-order valence-corrected chi connectivity index (χ0v) is 14.0. The van der Waals surface area contributed by atoms with Crippen LogP contribution in [0.2, 0.25) is 0 Å². The zero-order valence-electron chi connectivity index (χ0n) is 13.2. The fourth-order valence-corrected chi connectivity index (χ4v) is 3.40. The van der Waals surface area contributed by atoms with Crippen LogP contribution in [0, 0.1) is 0 Å². The molecular formula is C17H13N3O4S. The van der Waals surface area contributed by atoms with Crippen LogP contribution in [0.25, 0.3) is 10.2 Å². The van der Waals surface area contributed by atoms with Gasteiger partial charge in [0.25, 0.3) is 5.91 Å². The SMILES string of the molecule is CC(=O)Nc1nc2ccc(NC(=O)c3ccc4c(c3)OCO4)cc2s1. The first-order chi connectivity index (χ1) is 12.1. The summed E-state index contributed by atoms with van der Waals surface area (Å²) in [5.41, 5.74) is 1.88. The van der Waals surface area contributed by atoms with Gasteiger partial charge in [-0.2, -0.15) is 0 Å². The molecule has 126 valence electrons. The highest BCUT2D eigenvalue weighted by Gasteiger charge is 2.16. The Bertz CT molecular complexity index is 999. The molecule has 1 aliphatic heterocycles. The number of nitrogens with one attached hydrogen (secondary N) is 2. The van der Waals surface area contributed by atoms with Gasteiger partial charge in [0.2, 0.25) is 12.7 Å². The molecule has 4 rings (SSSR count). The summed E-state index contributed by atoms with van der Waals surface area (Å²) in [6.07, 6.45) is 0. The monoisotopic (exact) mass is 355 g/mol. The van der Waals surface area contributed by atoms with Crippen molar-refractivity contribution in [3.8, 4) is 11.5 Å². The number of hydrogen-bond donors (Lipinski definition) is 2. The van der Waals surface area contributed by atoms with E-state index < -0.39 is 0 Å². The minimum Gasteiger partial charge on any atom is -0.454 e. The van der Waals surface area contributed by atoms with Crippen molar-refractivity contribution in [2.75, 3.05) is 17.4 Å². The molecule has 2 amide bonds. The van der Waals surface area contributed by atoms with Crippen LogP contribution in [0.5, 0.6) is 11.5 Å². The predicted molar refractivity (Wildman–Crippen MR) is 94.4 cm³/mol. The molecule has 0 spiro atoms. The number of carbonyl (C=O) groups is 2. The zero-order chi connectivity index (χ0) is 17.4.